The highest BCUT2D eigenvalue weighted by Gasteiger charge is 2.43. The van der Waals surface area contributed by atoms with Crippen molar-refractivity contribution >= 4 is 28.5 Å². The molecule has 0 aromatic rings. The zero-order chi connectivity index (χ0) is 12.5. The van der Waals surface area contributed by atoms with Gasteiger partial charge in [0.1, 0.15) is 0 Å². The lowest BCUT2D eigenvalue weighted by molar-refractivity contribution is -0.137. The van der Waals surface area contributed by atoms with Crippen molar-refractivity contribution < 1.29 is 9.59 Å². The van der Waals surface area contributed by atoms with Crippen LogP contribution in [0.5, 0.6) is 0 Å². The fourth-order valence-corrected chi connectivity index (χ4v) is 1.81. The van der Waals surface area contributed by atoms with Crippen molar-refractivity contribution in [3.63, 3.8) is 0 Å². The minimum Gasteiger partial charge on any atom is -0.289 e. The summed E-state index contributed by atoms with van der Waals surface area (Å²) in [7, 11) is 0. The van der Waals surface area contributed by atoms with E-state index in [0.29, 0.717) is 5.57 Å². The van der Waals surface area contributed by atoms with E-state index in [4.69, 9.17) is 0 Å². The van der Waals surface area contributed by atoms with E-state index in [0.717, 1.165) is 11.1 Å². The molecule has 0 aromatic carbocycles. The molecule has 0 saturated carbocycles. The topological polar surface area (TPSA) is 34.1 Å². The normalized spacial score (nSPS) is 20.2. The molecule has 17 heavy (non-hydrogen) atoms. The van der Waals surface area contributed by atoms with Gasteiger partial charge in [-0.25, -0.2) is 0 Å². The number of halogens is 1. The smallest absolute Gasteiger partial charge is 0.225 e. The Morgan fingerprint density at radius 3 is 2.12 bits per heavy atom. The maximum atomic E-state index is 11.7. The van der Waals surface area contributed by atoms with E-state index in [1.54, 1.807) is 20.8 Å². The Bertz CT molecular complexity index is 437. The summed E-state index contributed by atoms with van der Waals surface area (Å²) >= 11 is 0. The van der Waals surface area contributed by atoms with Crippen molar-refractivity contribution in [3.05, 3.63) is 34.9 Å². The van der Waals surface area contributed by atoms with E-state index in [1.165, 1.54) is 0 Å². The second-order valence-corrected chi connectivity index (χ2v) is 4.69. The Morgan fingerprint density at radius 2 is 1.76 bits per heavy atom. The van der Waals surface area contributed by atoms with E-state index >= 15 is 0 Å². The third-order valence-electron chi connectivity index (χ3n) is 3.16. The molecular formula is C14H19BrO2. The average Bonchev–Trinajstić information content (AvgIpc) is 2.38. The van der Waals surface area contributed by atoms with E-state index in [9.17, 15) is 9.59 Å². The maximum absolute atomic E-state index is 11.7. The molecule has 0 amide bonds. The molecule has 0 unspecified atom stereocenters. The molecule has 0 spiro atoms. The number of rotatable bonds is 2. The van der Waals surface area contributed by atoms with Gasteiger partial charge in [-0.2, -0.15) is 0 Å². The number of hydrogen-bond donors (Lipinski definition) is 0. The van der Waals surface area contributed by atoms with Gasteiger partial charge in [0, 0.05) is 5.57 Å². The van der Waals surface area contributed by atoms with Crippen molar-refractivity contribution in [3.8, 4) is 0 Å². The van der Waals surface area contributed by atoms with Gasteiger partial charge < -0.3 is 0 Å². The SMILES string of the molecule is Br.CC=C(C)C=CC1=C(C)C(=O)C(=O)C1(C)C. The van der Waals surface area contributed by atoms with Crippen molar-refractivity contribution in [2.75, 3.05) is 0 Å². The van der Waals surface area contributed by atoms with Crippen LogP contribution in [0.3, 0.4) is 0 Å². The Kier molecular flexibility index (Phi) is 5.27. The third kappa shape index (κ3) is 2.83. The third-order valence-corrected chi connectivity index (χ3v) is 3.16. The molecule has 1 aliphatic carbocycles. The molecule has 1 aliphatic rings. The Labute approximate surface area is 113 Å². The molecule has 0 N–H and O–H groups in total. The predicted molar refractivity (Wildman–Crippen MR) is 75.4 cm³/mol. The number of carbonyl (C=O) groups is 2. The largest absolute Gasteiger partial charge is 0.289 e. The Balaban J connectivity index is 0.00000256. The summed E-state index contributed by atoms with van der Waals surface area (Å²) < 4.78 is 0. The van der Waals surface area contributed by atoms with E-state index in [2.05, 4.69) is 0 Å². The van der Waals surface area contributed by atoms with Crippen LogP contribution >= 0.6 is 17.0 Å². The van der Waals surface area contributed by atoms with Crippen LogP contribution in [-0.4, -0.2) is 11.6 Å². The molecule has 0 bridgehead atoms. The fraction of sp³-hybridized carbons (Fsp3) is 0.429. The lowest BCUT2D eigenvalue weighted by Gasteiger charge is -2.17. The average molecular weight is 299 g/mol. The summed E-state index contributed by atoms with van der Waals surface area (Å²) in [6, 6.07) is 0. The molecular weight excluding hydrogens is 280 g/mol. The van der Waals surface area contributed by atoms with Crippen LogP contribution in [0.2, 0.25) is 0 Å². The highest BCUT2D eigenvalue weighted by Crippen LogP contribution is 2.38. The van der Waals surface area contributed by atoms with Crippen molar-refractivity contribution in [1.82, 2.24) is 0 Å². The molecule has 0 saturated heterocycles. The molecule has 0 fully saturated rings. The Morgan fingerprint density at radius 1 is 1.24 bits per heavy atom. The van der Waals surface area contributed by atoms with E-state index in [-0.39, 0.29) is 28.5 Å². The van der Waals surface area contributed by atoms with Crippen LogP contribution in [0, 0.1) is 5.41 Å². The first kappa shape index (κ1) is 16.0. The van der Waals surface area contributed by atoms with Gasteiger partial charge in [0.15, 0.2) is 0 Å². The van der Waals surface area contributed by atoms with Crippen LogP contribution < -0.4 is 0 Å². The quantitative estimate of drug-likeness (QED) is 0.577. The van der Waals surface area contributed by atoms with Gasteiger partial charge in [0.2, 0.25) is 11.6 Å². The fourth-order valence-electron chi connectivity index (χ4n) is 1.81. The molecule has 0 aromatic heterocycles. The highest BCUT2D eigenvalue weighted by atomic mass is 79.9. The summed E-state index contributed by atoms with van der Waals surface area (Å²) in [5.41, 5.74) is 1.85. The number of carbonyl (C=O) groups excluding carboxylic acids is 2. The van der Waals surface area contributed by atoms with Gasteiger partial charge in [-0.05, 0) is 40.2 Å². The molecule has 1 rings (SSSR count). The second kappa shape index (κ2) is 5.58. The van der Waals surface area contributed by atoms with Crippen LogP contribution in [0.1, 0.15) is 34.6 Å². The van der Waals surface area contributed by atoms with Gasteiger partial charge in [-0.15, -0.1) is 17.0 Å². The van der Waals surface area contributed by atoms with E-state index in [1.807, 2.05) is 32.1 Å². The summed E-state index contributed by atoms with van der Waals surface area (Å²) in [4.78, 5) is 23.3. The number of hydrogen-bond acceptors (Lipinski definition) is 2. The Hall–Kier alpha value is -0.960. The van der Waals surface area contributed by atoms with Gasteiger partial charge in [-0.1, -0.05) is 23.8 Å². The lowest BCUT2D eigenvalue weighted by Crippen LogP contribution is -2.24. The first-order valence-corrected chi connectivity index (χ1v) is 5.43. The van der Waals surface area contributed by atoms with E-state index < -0.39 is 5.41 Å². The first-order valence-electron chi connectivity index (χ1n) is 5.43. The second-order valence-electron chi connectivity index (χ2n) is 4.69. The van der Waals surface area contributed by atoms with Gasteiger partial charge in [-0.3, -0.25) is 9.59 Å². The number of allylic oxidation sites excluding steroid dienone is 6. The predicted octanol–water partition coefficient (Wildman–Crippen LogP) is 3.58. The van der Waals surface area contributed by atoms with Gasteiger partial charge in [0.05, 0.1) is 5.41 Å². The summed E-state index contributed by atoms with van der Waals surface area (Å²) in [6.07, 6.45) is 5.80. The maximum Gasteiger partial charge on any atom is 0.225 e. The highest BCUT2D eigenvalue weighted by molar-refractivity contribution is 8.93. The zero-order valence-electron chi connectivity index (χ0n) is 11.0. The van der Waals surface area contributed by atoms with Crippen LogP contribution in [0.4, 0.5) is 0 Å². The molecule has 0 radical (unpaired) electrons. The van der Waals surface area contributed by atoms with Crippen LogP contribution in [0.25, 0.3) is 0 Å². The monoisotopic (exact) mass is 298 g/mol. The van der Waals surface area contributed by atoms with Crippen molar-refractivity contribution in [2.45, 2.75) is 34.6 Å². The molecule has 0 atom stereocenters. The minimum atomic E-state index is -0.675. The zero-order valence-corrected chi connectivity index (χ0v) is 12.7. The lowest BCUT2D eigenvalue weighted by atomic mass is 9.84. The summed E-state index contributed by atoms with van der Waals surface area (Å²) in [5, 5.41) is 0. The number of Topliss-reactive ketones (excluding diaryl/α,β-unsaturated/α-hetero) is 2. The van der Waals surface area contributed by atoms with Crippen LogP contribution in [-0.2, 0) is 9.59 Å². The summed E-state index contributed by atoms with van der Waals surface area (Å²) in [6.45, 7) is 9.26. The number of ketones is 2. The molecule has 3 heteroatoms. The molecule has 2 nitrogen and oxygen atoms in total. The molecule has 0 aliphatic heterocycles. The van der Waals surface area contributed by atoms with Crippen LogP contribution in [0.15, 0.2) is 34.9 Å². The van der Waals surface area contributed by atoms with Crippen molar-refractivity contribution in [2.24, 2.45) is 5.41 Å². The summed E-state index contributed by atoms with van der Waals surface area (Å²) in [5.74, 6) is -0.648. The van der Waals surface area contributed by atoms with Gasteiger partial charge >= 0.3 is 0 Å². The first-order chi connectivity index (χ1) is 7.32. The minimum absolute atomic E-state index is 0. The van der Waals surface area contributed by atoms with Crippen molar-refractivity contribution in [1.29, 1.82) is 0 Å². The molecule has 94 valence electrons. The standard InChI is InChI=1S/C14H18O2.BrH/c1-6-9(2)7-8-11-10(3)12(15)13(16)14(11,4)5;/h6-8H,1-5H3;1H. The molecule has 0 heterocycles. The van der Waals surface area contributed by atoms with Gasteiger partial charge in [0.25, 0.3) is 0 Å².